The Balaban J connectivity index is 2.49. The molecule has 0 heterocycles. The summed E-state index contributed by atoms with van der Waals surface area (Å²) in [6, 6.07) is 9.28. The van der Waals surface area contributed by atoms with E-state index in [9.17, 15) is 4.79 Å². The lowest BCUT2D eigenvalue weighted by Gasteiger charge is -2.17. The van der Waals surface area contributed by atoms with Crippen molar-refractivity contribution in [3.05, 3.63) is 35.9 Å². The lowest BCUT2D eigenvalue weighted by Crippen LogP contribution is -2.35. The minimum atomic E-state index is -0.295. The first-order valence-electron chi connectivity index (χ1n) is 5.11. The molecule has 0 bridgehead atoms. The minimum absolute atomic E-state index is 0.266. The summed E-state index contributed by atoms with van der Waals surface area (Å²) in [5.41, 5.74) is 0.579. The SMILES string of the molecule is CC(C)NC(C)OC(=O)c1ccccc1. The van der Waals surface area contributed by atoms with Gasteiger partial charge in [0.1, 0.15) is 0 Å². The molecule has 82 valence electrons. The molecule has 0 aromatic heterocycles. The van der Waals surface area contributed by atoms with Crippen LogP contribution in [0.3, 0.4) is 0 Å². The van der Waals surface area contributed by atoms with Gasteiger partial charge in [0.2, 0.25) is 0 Å². The monoisotopic (exact) mass is 207 g/mol. The van der Waals surface area contributed by atoms with Gasteiger partial charge in [0.05, 0.1) is 5.56 Å². The molecule has 0 amide bonds. The van der Waals surface area contributed by atoms with Gasteiger partial charge in [0.25, 0.3) is 0 Å². The summed E-state index contributed by atoms with van der Waals surface area (Å²) >= 11 is 0. The Morgan fingerprint density at radius 3 is 2.33 bits per heavy atom. The van der Waals surface area contributed by atoms with E-state index < -0.39 is 0 Å². The molecule has 1 unspecified atom stereocenters. The first kappa shape index (κ1) is 11.7. The molecule has 1 N–H and O–H groups in total. The molecule has 0 aliphatic carbocycles. The van der Waals surface area contributed by atoms with Crippen LogP contribution in [0.2, 0.25) is 0 Å². The summed E-state index contributed by atoms with van der Waals surface area (Å²) in [6.45, 7) is 5.83. The van der Waals surface area contributed by atoms with Crippen molar-refractivity contribution >= 4 is 5.97 Å². The summed E-state index contributed by atoms with van der Waals surface area (Å²) < 4.78 is 5.20. The van der Waals surface area contributed by atoms with Gasteiger partial charge in [-0.05, 0) is 32.9 Å². The Kier molecular flexibility index (Phi) is 4.31. The normalized spacial score (nSPS) is 12.5. The Morgan fingerprint density at radius 1 is 1.20 bits per heavy atom. The Hall–Kier alpha value is -1.35. The van der Waals surface area contributed by atoms with Gasteiger partial charge in [-0.1, -0.05) is 18.2 Å². The van der Waals surface area contributed by atoms with E-state index in [4.69, 9.17) is 4.74 Å². The highest BCUT2D eigenvalue weighted by Gasteiger charge is 2.11. The lowest BCUT2D eigenvalue weighted by atomic mass is 10.2. The zero-order valence-electron chi connectivity index (χ0n) is 9.36. The molecule has 0 spiro atoms. The van der Waals surface area contributed by atoms with Crippen LogP contribution in [0.15, 0.2) is 30.3 Å². The van der Waals surface area contributed by atoms with E-state index in [2.05, 4.69) is 5.32 Å². The number of rotatable bonds is 4. The van der Waals surface area contributed by atoms with Crippen molar-refractivity contribution < 1.29 is 9.53 Å². The van der Waals surface area contributed by atoms with Crippen LogP contribution in [-0.4, -0.2) is 18.2 Å². The first-order chi connectivity index (χ1) is 7.09. The molecule has 0 saturated heterocycles. The third-order valence-electron chi connectivity index (χ3n) is 1.86. The fourth-order valence-electron chi connectivity index (χ4n) is 1.31. The molecular weight excluding hydrogens is 190 g/mol. The fraction of sp³-hybridized carbons (Fsp3) is 0.417. The molecule has 0 aliphatic rings. The quantitative estimate of drug-likeness (QED) is 0.607. The zero-order chi connectivity index (χ0) is 11.3. The van der Waals surface area contributed by atoms with Crippen molar-refractivity contribution in [1.82, 2.24) is 5.32 Å². The predicted molar refractivity (Wildman–Crippen MR) is 59.6 cm³/mol. The Morgan fingerprint density at radius 2 is 1.80 bits per heavy atom. The largest absolute Gasteiger partial charge is 0.443 e. The number of nitrogens with one attached hydrogen (secondary N) is 1. The molecule has 1 rings (SSSR count). The van der Waals surface area contributed by atoms with Gasteiger partial charge < -0.3 is 4.74 Å². The van der Waals surface area contributed by atoms with Crippen molar-refractivity contribution in [1.29, 1.82) is 0 Å². The van der Waals surface area contributed by atoms with Gasteiger partial charge >= 0.3 is 5.97 Å². The number of benzene rings is 1. The van der Waals surface area contributed by atoms with Gasteiger partial charge in [-0.25, -0.2) is 4.79 Å². The molecule has 0 radical (unpaired) electrons. The van der Waals surface area contributed by atoms with E-state index >= 15 is 0 Å². The van der Waals surface area contributed by atoms with Crippen LogP contribution in [0, 0.1) is 0 Å². The average molecular weight is 207 g/mol. The molecule has 3 heteroatoms. The summed E-state index contributed by atoms with van der Waals surface area (Å²) in [5, 5.41) is 3.10. The number of carbonyl (C=O) groups excluding carboxylic acids is 1. The van der Waals surface area contributed by atoms with Crippen LogP contribution in [0.25, 0.3) is 0 Å². The third kappa shape index (κ3) is 4.13. The van der Waals surface area contributed by atoms with Crippen LogP contribution in [-0.2, 0) is 4.74 Å². The summed E-state index contributed by atoms with van der Waals surface area (Å²) in [6.07, 6.45) is -0.266. The van der Waals surface area contributed by atoms with Crippen molar-refractivity contribution in [3.8, 4) is 0 Å². The topological polar surface area (TPSA) is 38.3 Å². The van der Waals surface area contributed by atoms with Gasteiger partial charge in [-0.2, -0.15) is 0 Å². The maximum Gasteiger partial charge on any atom is 0.339 e. The number of hydrogen-bond donors (Lipinski definition) is 1. The van der Waals surface area contributed by atoms with Crippen LogP contribution >= 0.6 is 0 Å². The molecule has 0 fully saturated rings. The van der Waals surface area contributed by atoms with Crippen LogP contribution in [0.1, 0.15) is 31.1 Å². The van der Waals surface area contributed by atoms with Crippen molar-refractivity contribution in [2.75, 3.05) is 0 Å². The van der Waals surface area contributed by atoms with Gasteiger partial charge in [-0.15, -0.1) is 0 Å². The van der Waals surface area contributed by atoms with Gasteiger partial charge in [0, 0.05) is 6.04 Å². The van der Waals surface area contributed by atoms with Crippen LogP contribution in [0.4, 0.5) is 0 Å². The smallest absolute Gasteiger partial charge is 0.339 e. The highest BCUT2D eigenvalue weighted by atomic mass is 16.6. The highest BCUT2D eigenvalue weighted by Crippen LogP contribution is 2.02. The maximum atomic E-state index is 11.6. The van der Waals surface area contributed by atoms with E-state index in [-0.39, 0.29) is 12.2 Å². The number of esters is 1. The zero-order valence-corrected chi connectivity index (χ0v) is 9.36. The third-order valence-corrected chi connectivity index (χ3v) is 1.86. The second-order valence-corrected chi connectivity index (χ2v) is 3.73. The van der Waals surface area contributed by atoms with E-state index in [0.717, 1.165) is 0 Å². The lowest BCUT2D eigenvalue weighted by molar-refractivity contribution is 0.0246. The molecule has 0 aliphatic heterocycles. The fourth-order valence-corrected chi connectivity index (χ4v) is 1.31. The molecule has 0 saturated carbocycles. The molecule has 1 aromatic carbocycles. The predicted octanol–water partition coefficient (Wildman–Crippen LogP) is 2.19. The van der Waals surface area contributed by atoms with E-state index in [1.54, 1.807) is 12.1 Å². The van der Waals surface area contributed by atoms with Crippen molar-refractivity contribution in [2.24, 2.45) is 0 Å². The number of hydrogen-bond acceptors (Lipinski definition) is 3. The molecular formula is C12H17NO2. The second kappa shape index (κ2) is 5.51. The minimum Gasteiger partial charge on any atom is -0.443 e. The van der Waals surface area contributed by atoms with Crippen LogP contribution < -0.4 is 5.32 Å². The van der Waals surface area contributed by atoms with Crippen LogP contribution in [0.5, 0.6) is 0 Å². The molecule has 1 atom stereocenters. The Labute approximate surface area is 90.4 Å². The maximum absolute atomic E-state index is 11.6. The van der Waals surface area contributed by atoms with E-state index in [1.807, 2.05) is 39.0 Å². The van der Waals surface area contributed by atoms with Crippen molar-refractivity contribution in [3.63, 3.8) is 0 Å². The number of carbonyl (C=O) groups is 1. The standard InChI is InChI=1S/C12H17NO2/c1-9(2)13-10(3)15-12(14)11-7-5-4-6-8-11/h4-10,13H,1-3H3. The highest BCUT2D eigenvalue weighted by molar-refractivity contribution is 5.89. The van der Waals surface area contributed by atoms with Crippen molar-refractivity contribution in [2.45, 2.75) is 33.0 Å². The molecule has 15 heavy (non-hydrogen) atoms. The van der Waals surface area contributed by atoms with E-state index in [0.29, 0.717) is 11.6 Å². The number of ether oxygens (including phenoxy) is 1. The summed E-state index contributed by atoms with van der Waals surface area (Å²) in [5.74, 6) is -0.295. The molecule has 1 aromatic rings. The van der Waals surface area contributed by atoms with E-state index in [1.165, 1.54) is 0 Å². The Bertz CT molecular complexity index is 309. The molecule has 3 nitrogen and oxygen atoms in total. The van der Waals surface area contributed by atoms with Gasteiger partial charge in [-0.3, -0.25) is 5.32 Å². The summed E-state index contributed by atoms with van der Waals surface area (Å²) in [7, 11) is 0. The van der Waals surface area contributed by atoms with Gasteiger partial charge in [0.15, 0.2) is 6.23 Å². The first-order valence-corrected chi connectivity index (χ1v) is 5.11. The second-order valence-electron chi connectivity index (χ2n) is 3.73. The average Bonchev–Trinajstić information content (AvgIpc) is 2.17. The summed E-state index contributed by atoms with van der Waals surface area (Å²) in [4.78, 5) is 11.6.